The van der Waals surface area contributed by atoms with Crippen molar-refractivity contribution >= 4 is 11.7 Å². The zero-order valence-corrected chi connectivity index (χ0v) is 18.2. The smallest absolute Gasteiger partial charge is 0.260 e. The first-order valence-corrected chi connectivity index (χ1v) is 11.3. The van der Waals surface area contributed by atoms with Gasteiger partial charge in [0.15, 0.2) is 5.82 Å². The standard InChI is InChI=1S/C24H26N6O2/c1-32-20-13-15-9-11-29(17-7-8-17)14-16(15)12-18(20)24(31)26-21-5-2-4-19(25-21)23-28-27-22-6-3-10-30(22)23/h2,4-5,12-13,17H,3,6-11,14H2,1H3,(H,25,26,31). The Morgan fingerprint density at radius 3 is 2.88 bits per heavy atom. The van der Waals surface area contributed by atoms with Crippen molar-refractivity contribution in [2.75, 3.05) is 19.0 Å². The number of nitrogens with one attached hydrogen (secondary N) is 1. The van der Waals surface area contributed by atoms with Crippen LogP contribution in [0, 0.1) is 0 Å². The van der Waals surface area contributed by atoms with Gasteiger partial charge < -0.3 is 14.6 Å². The molecule has 2 aliphatic heterocycles. The van der Waals surface area contributed by atoms with E-state index in [2.05, 4.69) is 30.0 Å². The second kappa shape index (κ2) is 7.70. The number of ether oxygens (including phenoxy) is 1. The van der Waals surface area contributed by atoms with Gasteiger partial charge in [-0.1, -0.05) is 6.07 Å². The minimum absolute atomic E-state index is 0.218. The second-order valence-corrected chi connectivity index (χ2v) is 8.83. The normalized spacial score (nSPS) is 17.7. The van der Waals surface area contributed by atoms with Gasteiger partial charge >= 0.3 is 0 Å². The molecular weight excluding hydrogens is 404 g/mol. The number of nitrogens with zero attached hydrogens (tertiary/aromatic N) is 5. The Bertz CT molecular complexity index is 1200. The number of anilines is 1. The maximum absolute atomic E-state index is 13.2. The molecule has 8 heteroatoms. The van der Waals surface area contributed by atoms with E-state index in [0.29, 0.717) is 28.9 Å². The quantitative estimate of drug-likeness (QED) is 0.670. The Labute approximate surface area is 186 Å². The molecule has 4 heterocycles. The summed E-state index contributed by atoms with van der Waals surface area (Å²) < 4.78 is 7.68. The van der Waals surface area contributed by atoms with E-state index >= 15 is 0 Å². The number of carbonyl (C=O) groups is 1. The lowest BCUT2D eigenvalue weighted by Gasteiger charge is -2.29. The minimum Gasteiger partial charge on any atom is -0.496 e. The van der Waals surface area contributed by atoms with Gasteiger partial charge in [-0.25, -0.2) is 4.98 Å². The maximum Gasteiger partial charge on any atom is 0.260 e. The molecule has 1 amide bonds. The number of benzene rings is 1. The summed E-state index contributed by atoms with van der Waals surface area (Å²) in [5, 5.41) is 11.5. The number of methoxy groups -OCH3 is 1. The average Bonchev–Trinajstić information content (AvgIpc) is 3.43. The number of carbonyl (C=O) groups excluding carboxylic acids is 1. The molecule has 0 bridgehead atoms. The molecule has 0 saturated heterocycles. The summed E-state index contributed by atoms with van der Waals surface area (Å²) in [6.45, 7) is 2.88. The number of aromatic nitrogens is 4. The Morgan fingerprint density at radius 1 is 1.12 bits per heavy atom. The fraction of sp³-hybridized carbons (Fsp3) is 0.417. The van der Waals surface area contributed by atoms with Crippen molar-refractivity contribution in [3.05, 3.63) is 52.8 Å². The van der Waals surface area contributed by atoms with Gasteiger partial charge in [0.1, 0.15) is 23.1 Å². The third-order valence-electron chi connectivity index (χ3n) is 6.70. The highest BCUT2D eigenvalue weighted by atomic mass is 16.5. The summed E-state index contributed by atoms with van der Waals surface area (Å²) in [6.07, 6.45) is 5.59. The Kier molecular flexibility index (Phi) is 4.68. The lowest BCUT2D eigenvalue weighted by molar-refractivity contribution is 0.102. The van der Waals surface area contributed by atoms with Crippen LogP contribution >= 0.6 is 0 Å². The first-order chi connectivity index (χ1) is 15.7. The molecule has 3 aromatic rings. The van der Waals surface area contributed by atoms with E-state index in [1.54, 1.807) is 13.2 Å². The molecule has 3 aliphatic rings. The van der Waals surface area contributed by atoms with Crippen molar-refractivity contribution in [1.82, 2.24) is 24.6 Å². The number of hydrogen-bond donors (Lipinski definition) is 1. The van der Waals surface area contributed by atoms with Gasteiger partial charge in [-0.05, 0) is 61.1 Å². The zero-order valence-electron chi connectivity index (χ0n) is 18.2. The number of hydrogen-bond acceptors (Lipinski definition) is 6. The third kappa shape index (κ3) is 3.44. The second-order valence-electron chi connectivity index (χ2n) is 8.83. The Morgan fingerprint density at radius 2 is 2.03 bits per heavy atom. The van der Waals surface area contributed by atoms with Crippen LogP contribution in [0.2, 0.25) is 0 Å². The van der Waals surface area contributed by atoms with Crippen molar-refractivity contribution in [2.45, 2.75) is 51.2 Å². The maximum atomic E-state index is 13.2. The third-order valence-corrected chi connectivity index (χ3v) is 6.70. The van der Waals surface area contributed by atoms with Gasteiger partial charge in [0.2, 0.25) is 0 Å². The molecule has 32 heavy (non-hydrogen) atoms. The van der Waals surface area contributed by atoms with Crippen LogP contribution in [0.5, 0.6) is 5.75 Å². The highest BCUT2D eigenvalue weighted by molar-refractivity contribution is 6.06. The van der Waals surface area contributed by atoms with E-state index in [0.717, 1.165) is 50.5 Å². The van der Waals surface area contributed by atoms with E-state index in [1.165, 1.54) is 24.0 Å². The lowest BCUT2D eigenvalue weighted by atomic mass is 9.96. The van der Waals surface area contributed by atoms with E-state index in [4.69, 9.17) is 4.74 Å². The predicted octanol–water partition coefficient (Wildman–Crippen LogP) is 3.07. The molecule has 2 aromatic heterocycles. The van der Waals surface area contributed by atoms with Gasteiger partial charge in [-0.3, -0.25) is 9.69 Å². The molecule has 164 valence electrons. The largest absolute Gasteiger partial charge is 0.496 e. The van der Waals surface area contributed by atoms with E-state index in [9.17, 15) is 4.79 Å². The molecule has 1 N–H and O–H groups in total. The van der Waals surface area contributed by atoms with Gasteiger partial charge in [-0.2, -0.15) is 0 Å². The fourth-order valence-corrected chi connectivity index (χ4v) is 4.86. The fourth-order valence-electron chi connectivity index (χ4n) is 4.86. The van der Waals surface area contributed by atoms with Crippen LogP contribution in [-0.4, -0.2) is 50.3 Å². The van der Waals surface area contributed by atoms with E-state index < -0.39 is 0 Å². The molecule has 0 spiro atoms. The van der Waals surface area contributed by atoms with Gasteiger partial charge in [-0.15, -0.1) is 10.2 Å². The summed E-state index contributed by atoms with van der Waals surface area (Å²) >= 11 is 0. The molecule has 1 saturated carbocycles. The van der Waals surface area contributed by atoms with Crippen molar-refractivity contribution in [2.24, 2.45) is 0 Å². The summed E-state index contributed by atoms with van der Waals surface area (Å²) in [5.74, 6) is 2.62. The first-order valence-electron chi connectivity index (χ1n) is 11.3. The number of aryl methyl sites for hydroxylation is 1. The molecule has 1 aliphatic carbocycles. The molecular formula is C24H26N6O2. The van der Waals surface area contributed by atoms with Crippen LogP contribution in [0.4, 0.5) is 5.82 Å². The van der Waals surface area contributed by atoms with Crippen molar-refractivity contribution in [1.29, 1.82) is 0 Å². The average molecular weight is 431 g/mol. The highest BCUT2D eigenvalue weighted by Gasteiger charge is 2.32. The Balaban J connectivity index is 1.26. The van der Waals surface area contributed by atoms with Crippen molar-refractivity contribution in [3.8, 4) is 17.3 Å². The first kappa shape index (κ1) is 19.4. The topological polar surface area (TPSA) is 85.2 Å². The molecule has 0 unspecified atom stereocenters. The van der Waals surface area contributed by atoms with Gasteiger partial charge in [0.25, 0.3) is 5.91 Å². The van der Waals surface area contributed by atoms with Crippen LogP contribution in [0.25, 0.3) is 11.5 Å². The molecule has 8 nitrogen and oxygen atoms in total. The lowest BCUT2D eigenvalue weighted by Crippen LogP contribution is -2.32. The highest BCUT2D eigenvalue weighted by Crippen LogP contribution is 2.34. The van der Waals surface area contributed by atoms with Gasteiger partial charge in [0, 0.05) is 32.1 Å². The molecule has 0 atom stereocenters. The van der Waals surface area contributed by atoms with Crippen LogP contribution in [0.1, 0.15) is 46.6 Å². The number of pyridine rings is 1. The summed E-state index contributed by atoms with van der Waals surface area (Å²) in [7, 11) is 1.61. The minimum atomic E-state index is -0.218. The van der Waals surface area contributed by atoms with Crippen molar-refractivity contribution < 1.29 is 9.53 Å². The van der Waals surface area contributed by atoms with Gasteiger partial charge in [0.05, 0.1) is 12.7 Å². The molecule has 0 radical (unpaired) electrons. The Hall–Kier alpha value is -3.26. The molecule has 1 aromatic carbocycles. The molecule has 1 fully saturated rings. The van der Waals surface area contributed by atoms with Crippen LogP contribution in [-0.2, 0) is 25.9 Å². The van der Waals surface area contributed by atoms with Crippen LogP contribution in [0.3, 0.4) is 0 Å². The monoisotopic (exact) mass is 430 g/mol. The zero-order chi connectivity index (χ0) is 21.7. The predicted molar refractivity (Wildman–Crippen MR) is 120 cm³/mol. The van der Waals surface area contributed by atoms with Crippen LogP contribution in [0.15, 0.2) is 30.3 Å². The SMILES string of the molecule is COc1cc2c(cc1C(=O)Nc1cccc(-c3nnc4n3CCC4)n1)CN(C1CC1)CC2. The summed E-state index contributed by atoms with van der Waals surface area (Å²) in [4.78, 5) is 20.4. The molecule has 6 rings (SSSR count). The van der Waals surface area contributed by atoms with Crippen molar-refractivity contribution in [3.63, 3.8) is 0 Å². The summed E-state index contributed by atoms with van der Waals surface area (Å²) in [6, 6.07) is 10.3. The number of amides is 1. The summed E-state index contributed by atoms with van der Waals surface area (Å²) in [5.41, 5.74) is 3.74. The van der Waals surface area contributed by atoms with E-state index in [1.807, 2.05) is 24.3 Å². The van der Waals surface area contributed by atoms with E-state index in [-0.39, 0.29) is 5.91 Å². The van der Waals surface area contributed by atoms with Crippen LogP contribution < -0.4 is 10.1 Å². The number of fused-ring (bicyclic) bond motifs is 2. The number of rotatable bonds is 5.